The zero-order chi connectivity index (χ0) is 17.0. The highest BCUT2D eigenvalue weighted by atomic mass is 32.2. The van der Waals surface area contributed by atoms with E-state index in [-0.39, 0.29) is 18.3 Å². The minimum absolute atomic E-state index is 0.0192. The van der Waals surface area contributed by atoms with Crippen LogP contribution in [0.25, 0.3) is 0 Å². The van der Waals surface area contributed by atoms with Gasteiger partial charge in [0.1, 0.15) is 0 Å². The highest BCUT2D eigenvalue weighted by Gasteiger charge is 2.28. The monoisotopic (exact) mass is 340 g/mol. The summed E-state index contributed by atoms with van der Waals surface area (Å²) in [6.07, 6.45) is 0. The number of nitrogens with zero attached hydrogens (tertiary/aromatic N) is 2. The van der Waals surface area contributed by atoms with Crippen molar-refractivity contribution in [2.75, 3.05) is 45.6 Å². The molecule has 0 aliphatic carbocycles. The van der Waals surface area contributed by atoms with Gasteiger partial charge < -0.3 is 9.64 Å². The number of rotatable bonds is 5. The maximum atomic E-state index is 12.5. The summed E-state index contributed by atoms with van der Waals surface area (Å²) in [5.41, 5.74) is 2.89. The minimum Gasteiger partial charge on any atom is -0.384 e. The summed E-state index contributed by atoms with van der Waals surface area (Å²) < 4.78 is 30.5. The van der Waals surface area contributed by atoms with Crippen molar-refractivity contribution in [2.24, 2.45) is 0 Å². The molecule has 0 aromatic heterocycles. The van der Waals surface area contributed by atoms with E-state index in [0.717, 1.165) is 11.1 Å². The molecule has 1 amide bonds. The molecule has 1 aromatic carbocycles. The molecule has 1 aliphatic rings. The van der Waals surface area contributed by atoms with Crippen molar-refractivity contribution in [2.45, 2.75) is 13.8 Å². The van der Waals surface area contributed by atoms with Gasteiger partial charge in [0.25, 0.3) is 5.91 Å². The van der Waals surface area contributed by atoms with Crippen LogP contribution in [0.2, 0.25) is 0 Å². The molecular weight excluding hydrogens is 316 g/mol. The quantitative estimate of drug-likeness (QED) is 0.803. The number of aryl methyl sites for hydroxylation is 2. The third-order valence-electron chi connectivity index (χ3n) is 4.22. The number of carbonyl (C=O) groups excluding carboxylic acids is 1. The molecule has 1 aliphatic heterocycles. The molecule has 23 heavy (non-hydrogen) atoms. The van der Waals surface area contributed by atoms with Crippen LogP contribution in [0.4, 0.5) is 0 Å². The maximum absolute atomic E-state index is 12.5. The van der Waals surface area contributed by atoms with Gasteiger partial charge in [-0.15, -0.1) is 0 Å². The Morgan fingerprint density at radius 1 is 1.13 bits per heavy atom. The first-order valence-electron chi connectivity index (χ1n) is 7.68. The number of carbonyl (C=O) groups is 1. The minimum atomic E-state index is -3.30. The van der Waals surface area contributed by atoms with E-state index in [9.17, 15) is 13.2 Å². The van der Waals surface area contributed by atoms with Crippen LogP contribution in [0.15, 0.2) is 18.2 Å². The van der Waals surface area contributed by atoms with Crippen molar-refractivity contribution in [3.8, 4) is 0 Å². The summed E-state index contributed by atoms with van der Waals surface area (Å²) in [4.78, 5) is 14.2. The lowest BCUT2D eigenvalue weighted by Crippen LogP contribution is -2.51. The van der Waals surface area contributed by atoms with E-state index in [4.69, 9.17) is 4.74 Å². The van der Waals surface area contributed by atoms with Gasteiger partial charge in [-0.1, -0.05) is 6.07 Å². The standard InChI is InChI=1S/C16H24N2O4S/c1-13-4-5-15(12-14(13)2)16(19)17-6-8-18(9-7-17)23(20,21)11-10-22-3/h4-5,12H,6-11H2,1-3H3. The van der Waals surface area contributed by atoms with Crippen LogP contribution in [0.3, 0.4) is 0 Å². The number of sulfonamides is 1. The number of hydrogen-bond acceptors (Lipinski definition) is 4. The SMILES string of the molecule is COCCS(=O)(=O)N1CCN(C(=O)c2ccc(C)c(C)c2)CC1. The molecule has 1 aromatic rings. The first-order chi connectivity index (χ1) is 10.8. The molecule has 1 heterocycles. The molecule has 0 saturated carbocycles. The second-order valence-electron chi connectivity index (χ2n) is 5.80. The molecule has 6 nitrogen and oxygen atoms in total. The zero-order valence-electron chi connectivity index (χ0n) is 13.9. The average Bonchev–Trinajstić information content (AvgIpc) is 2.55. The van der Waals surface area contributed by atoms with Crippen molar-refractivity contribution < 1.29 is 17.9 Å². The van der Waals surface area contributed by atoms with E-state index in [2.05, 4.69) is 0 Å². The molecule has 1 fully saturated rings. The molecule has 2 rings (SSSR count). The predicted molar refractivity (Wildman–Crippen MR) is 89.1 cm³/mol. The van der Waals surface area contributed by atoms with E-state index in [1.807, 2.05) is 32.0 Å². The van der Waals surface area contributed by atoms with Gasteiger partial charge in [-0.3, -0.25) is 4.79 Å². The summed E-state index contributed by atoms with van der Waals surface area (Å²) in [5.74, 6) is -0.0590. The van der Waals surface area contributed by atoms with Crippen molar-refractivity contribution in [3.63, 3.8) is 0 Å². The molecular formula is C16H24N2O4S. The van der Waals surface area contributed by atoms with E-state index in [1.165, 1.54) is 11.4 Å². The van der Waals surface area contributed by atoms with E-state index in [1.54, 1.807) is 4.90 Å². The number of ether oxygens (including phenoxy) is 1. The van der Waals surface area contributed by atoms with Crippen LogP contribution >= 0.6 is 0 Å². The summed E-state index contributed by atoms with van der Waals surface area (Å²) in [7, 11) is -1.82. The Bertz CT molecular complexity index is 665. The van der Waals surface area contributed by atoms with Gasteiger partial charge in [-0.2, -0.15) is 4.31 Å². The van der Waals surface area contributed by atoms with Gasteiger partial charge >= 0.3 is 0 Å². The Kier molecular flexibility index (Phi) is 5.78. The number of methoxy groups -OCH3 is 1. The van der Waals surface area contributed by atoms with E-state index in [0.29, 0.717) is 31.7 Å². The number of benzene rings is 1. The third-order valence-corrected chi connectivity index (χ3v) is 6.05. The van der Waals surface area contributed by atoms with Crippen LogP contribution < -0.4 is 0 Å². The van der Waals surface area contributed by atoms with Crippen molar-refractivity contribution >= 4 is 15.9 Å². The third kappa shape index (κ3) is 4.31. The number of hydrogen-bond donors (Lipinski definition) is 0. The molecule has 128 valence electrons. The lowest BCUT2D eigenvalue weighted by molar-refractivity contribution is 0.0697. The van der Waals surface area contributed by atoms with Crippen LogP contribution in [0.1, 0.15) is 21.5 Å². The zero-order valence-corrected chi connectivity index (χ0v) is 14.7. The fourth-order valence-corrected chi connectivity index (χ4v) is 3.90. The van der Waals surface area contributed by atoms with Gasteiger partial charge in [0.15, 0.2) is 0 Å². The Hall–Kier alpha value is -1.44. The van der Waals surface area contributed by atoms with Crippen LogP contribution in [0, 0.1) is 13.8 Å². The molecule has 0 unspecified atom stereocenters. The predicted octanol–water partition coefficient (Wildman–Crippen LogP) is 1.04. The van der Waals surface area contributed by atoms with Gasteiger partial charge in [-0.05, 0) is 37.1 Å². The first-order valence-corrected chi connectivity index (χ1v) is 9.29. The summed E-state index contributed by atoms with van der Waals surface area (Å²) in [6, 6.07) is 5.65. The van der Waals surface area contributed by atoms with Crippen molar-refractivity contribution in [1.29, 1.82) is 0 Å². The average molecular weight is 340 g/mol. The Labute approximate surface area is 138 Å². The van der Waals surface area contributed by atoms with Gasteiger partial charge in [-0.25, -0.2) is 8.42 Å². The molecule has 0 N–H and O–H groups in total. The fourth-order valence-electron chi connectivity index (χ4n) is 2.54. The van der Waals surface area contributed by atoms with E-state index >= 15 is 0 Å². The normalized spacial score (nSPS) is 16.6. The van der Waals surface area contributed by atoms with Crippen molar-refractivity contribution in [3.05, 3.63) is 34.9 Å². The molecule has 0 radical (unpaired) electrons. The molecule has 0 spiro atoms. The van der Waals surface area contributed by atoms with Gasteiger partial charge in [0.2, 0.25) is 10.0 Å². The molecule has 0 bridgehead atoms. The van der Waals surface area contributed by atoms with Gasteiger partial charge in [0, 0.05) is 38.9 Å². The topological polar surface area (TPSA) is 66.9 Å². The highest BCUT2D eigenvalue weighted by molar-refractivity contribution is 7.89. The van der Waals surface area contributed by atoms with Gasteiger partial charge in [0.05, 0.1) is 12.4 Å². The highest BCUT2D eigenvalue weighted by Crippen LogP contribution is 2.15. The van der Waals surface area contributed by atoms with Crippen LogP contribution in [-0.4, -0.2) is 69.2 Å². The smallest absolute Gasteiger partial charge is 0.253 e. The molecule has 0 atom stereocenters. The second kappa shape index (κ2) is 7.42. The summed E-state index contributed by atoms with van der Waals surface area (Å²) in [6.45, 7) is 5.67. The van der Waals surface area contributed by atoms with Crippen molar-refractivity contribution in [1.82, 2.24) is 9.21 Å². The Morgan fingerprint density at radius 2 is 1.78 bits per heavy atom. The number of piperazine rings is 1. The second-order valence-corrected chi connectivity index (χ2v) is 7.89. The Balaban J connectivity index is 1.98. The molecule has 7 heteroatoms. The fraction of sp³-hybridized carbons (Fsp3) is 0.562. The lowest BCUT2D eigenvalue weighted by Gasteiger charge is -2.34. The van der Waals surface area contributed by atoms with Crippen LogP contribution in [-0.2, 0) is 14.8 Å². The maximum Gasteiger partial charge on any atom is 0.253 e. The first kappa shape index (κ1) is 17.9. The summed E-state index contributed by atoms with van der Waals surface area (Å²) >= 11 is 0. The lowest BCUT2D eigenvalue weighted by atomic mass is 10.1. The largest absolute Gasteiger partial charge is 0.384 e. The van der Waals surface area contributed by atoms with E-state index < -0.39 is 10.0 Å². The van der Waals surface area contributed by atoms with Crippen LogP contribution in [0.5, 0.6) is 0 Å². The Morgan fingerprint density at radius 3 is 2.35 bits per heavy atom. The molecule has 1 saturated heterocycles. The summed E-state index contributed by atoms with van der Waals surface area (Å²) in [5, 5.41) is 0. The number of amides is 1.